The van der Waals surface area contributed by atoms with Crippen molar-refractivity contribution in [2.45, 2.75) is 52.4 Å². The SMILES string of the molecule is CCCCc1ccsc1C#Cc1ccc2c(Cl)c(C#Cc3sccc3CCCC)ccc2c1Cl. The molecular weight excluding hydrogens is 495 g/mol. The van der Waals surface area contributed by atoms with E-state index < -0.39 is 0 Å². The molecule has 0 fully saturated rings. The fourth-order valence-corrected chi connectivity index (χ4v) is 5.94. The van der Waals surface area contributed by atoms with Crippen molar-refractivity contribution in [3.05, 3.63) is 89.2 Å². The van der Waals surface area contributed by atoms with Crippen molar-refractivity contribution in [3.8, 4) is 23.7 Å². The second-order valence-electron chi connectivity index (χ2n) is 8.21. The molecule has 0 nitrogen and oxygen atoms in total. The number of fused-ring (bicyclic) bond motifs is 1. The van der Waals surface area contributed by atoms with E-state index in [0.29, 0.717) is 10.0 Å². The molecular formula is C30H26Cl2S2. The minimum atomic E-state index is 0.637. The van der Waals surface area contributed by atoms with Gasteiger partial charge in [-0.05, 0) is 71.8 Å². The molecule has 2 aromatic heterocycles. The Balaban J connectivity index is 1.63. The van der Waals surface area contributed by atoms with Crippen molar-refractivity contribution in [3.63, 3.8) is 0 Å². The maximum Gasteiger partial charge on any atom is 0.0804 e. The molecule has 172 valence electrons. The van der Waals surface area contributed by atoms with Gasteiger partial charge in [-0.3, -0.25) is 0 Å². The average molecular weight is 522 g/mol. The summed E-state index contributed by atoms with van der Waals surface area (Å²) in [5.74, 6) is 13.2. The van der Waals surface area contributed by atoms with Crippen molar-refractivity contribution >= 4 is 56.6 Å². The Bertz CT molecular complexity index is 1310. The molecule has 0 spiro atoms. The first-order valence-electron chi connectivity index (χ1n) is 11.7. The number of hydrogen-bond donors (Lipinski definition) is 0. The maximum atomic E-state index is 6.76. The minimum absolute atomic E-state index is 0.637. The molecule has 2 aromatic carbocycles. The molecule has 0 radical (unpaired) electrons. The second kappa shape index (κ2) is 12.0. The first-order valence-corrected chi connectivity index (χ1v) is 14.2. The van der Waals surface area contributed by atoms with E-state index in [4.69, 9.17) is 23.2 Å². The highest BCUT2D eigenvalue weighted by Gasteiger charge is 2.10. The number of rotatable bonds is 6. The molecule has 0 aliphatic rings. The number of unbranched alkanes of at least 4 members (excludes halogenated alkanes) is 2. The summed E-state index contributed by atoms with van der Waals surface area (Å²) in [6.07, 6.45) is 6.86. The molecule has 4 heteroatoms. The Morgan fingerprint density at radius 1 is 0.618 bits per heavy atom. The van der Waals surface area contributed by atoms with Gasteiger partial charge in [0, 0.05) is 21.9 Å². The van der Waals surface area contributed by atoms with Gasteiger partial charge < -0.3 is 0 Å². The molecule has 34 heavy (non-hydrogen) atoms. The van der Waals surface area contributed by atoms with Gasteiger partial charge in [0.15, 0.2) is 0 Å². The van der Waals surface area contributed by atoms with Gasteiger partial charge in [-0.15, -0.1) is 22.7 Å². The van der Waals surface area contributed by atoms with Crippen LogP contribution in [0.2, 0.25) is 10.0 Å². The molecule has 0 amide bonds. The number of benzene rings is 2. The van der Waals surface area contributed by atoms with Crippen LogP contribution in [0.5, 0.6) is 0 Å². The van der Waals surface area contributed by atoms with Crippen LogP contribution in [0.1, 0.15) is 71.5 Å². The first kappa shape index (κ1) is 24.9. The third-order valence-electron chi connectivity index (χ3n) is 5.78. The van der Waals surface area contributed by atoms with Crippen LogP contribution < -0.4 is 0 Å². The van der Waals surface area contributed by atoms with Gasteiger partial charge in [0.2, 0.25) is 0 Å². The zero-order valence-corrected chi connectivity index (χ0v) is 22.6. The molecule has 0 unspecified atom stereocenters. The summed E-state index contributed by atoms with van der Waals surface area (Å²) in [5.41, 5.74) is 4.29. The summed E-state index contributed by atoms with van der Waals surface area (Å²) in [7, 11) is 0. The lowest BCUT2D eigenvalue weighted by molar-refractivity contribution is 0.796. The van der Waals surface area contributed by atoms with E-state index >= 15 is 0 Å². The molecule has 0 N–H and O–H groups in total. The van der Waals surface area contributed by atoms with Gasteiger partial charge in [-0.1, -0.05) is 85.7 Å². The molecule has 2 heterocycles. The van der Waals surface area contributed by atoms with Crippen LogP contribution in [0, 0.1) is 23.7 Å². The molecule has 4 rings (SSSR count). The van der Waals surface area contributed by atoms with Crippen LogP contribution in [0.25, 0.3) is 10.8 Å². The fourth-order valence-electron chi connectivity index (χ4n) is 3.79. The number of hydrogen-bond acceptors (Lipinski definition) is 2. The van der Waals surface area contributed by atoms with Crippen LogP contribution in [-0.2, 0) is 12.8 Å². The van der Waals surface area contributed by atoms with E-state index in [2.05, 4.69) is 60.4 Å². The average Bonchev–Trinajstić information content (AvgIpc) is 3.49. The Kier molecular flexibility index (Phi) is 8.77. The molecule has 4 aromatic rings. The van der Waals surface area contributed by atoms with Gasteiger partial charge >= 0.3 is 0 Å². The molecule has 0 bridgehead atoms. The van der Waals surface area contributed by atoms with Gasteiger partial charge in [-0.2, -0.15) is 0 Å². The van der Waals surface area contributed by atoms with Crippen molar-refractivity contribution in [2.75, 3.05) is 0 Å². The fraction of sp³-hybridized carbons (Fsp3) is 0.267. The number of aryl methyl sites for hydroxylation is 2. The quantitative estimate of drug-likeness (QED) is 0.222. The highest BCUT2D eigenvalue weighted by atomic mass is 35.5. The van der Waals surface area contributed by atoms with Crippen molar-refractivity contribution in [2.24, 2.45) is 0 Å². The largest absolute Gasteiger partial charge is 0.135 e. The zero-order valence-electron chi connectivity index (χ0n) is 19.4. The molecule has 0 atom stereocenters. The van der Waals surface area contributed by atoms with Gasteiger partial charge in [0.1, 0.15) is 0 Å². The van der Waals surface area contributed by atoms with Crippen LogP contribution in [-0.4, -0.2) is 0 Å². The Morgan fingerprint density at radius 2 is 1.06 bits per heavy atom. The number of thiophene rings is 2. The highest BCUT2D eigenvalue weighted by Crippen LogP contribution is 2.34. The predicted octanol–water partition coefficient (Wildman–Crippen LogP) is 9.75. The molecule has 0 aliphatic carbocycles. The molecule has 0 saturated heterocycles. The summed E-state index contributed by atoms with van der Waals surface area (Å²) >= 11 is 16.9. The van der Waals surface area contributed by atoms with Crippen molar-refractivity contribution < 1.29 is 0 Å². The van der Waals surface area contributed by atoms with Crippen LogP contribution in [0.4, 0.5) is 0 Å². The lowest BCUT2D eigenvalue weighted by atomic mass is 10.0. The Hall–Kier alpha value is -2.20. The second-order valence-corrected chi connectivity index (χ2v) is 10.8. The first-order chi connectivity index (χ1) is 16.6. The molecule has 0 aliphatic heterocycles. The normalized spacial score (nSPS) is 10.6. The smallest absolute Gasteiger partial charge is 0.0804 e. The van der Waals surface area contributed by atoms with Gasteiger partial charge in [-0.25, -0.2) is 0 Å². The van der Waals surface area contributed by atoms with E-state index in [1.165, 1.54) is 36.8 Å². The van der Waals surface area contributed by atoms with E-state index in [9.17, 15) is 0 Å². The predicted molar refractivity (Wildman–Crippen MR) is 152 cm³/mol. The Morgan fingerprint density at radius 3 is 1.47 bits per heavy atom. The van der Waals surface area contributed by atoms with Gasteiger partial charge in [0.05, 0.1) is 19.8 Å². The summed E-state index contributed by atoms with van der Waals surface area (Å²) in [5, 5.41) is 7.31. The third-order valence-corrected chi connectivity index (χ3v) is 8.34. The van der Waals surface area contributed by atoms with E-state index in [0.717, 1.165) is 44.5 Å². The highest BCUT2D eigenvalue weighted by molar-refractivity contribution is 7.11. The van der Waals surface area contributed by atoms with E-state index in [1.54, 1.807) is 22.7 Å². The summed E-state index contributed by atoms with van der Waals surface area (Å²) in [6, 6.07) is 12.3. The van der Waals surface area contributed by atoms with E-state index in [1.807, 2.05) is 24.3 Å². The van der Waals surface area contributed by atoms with Crippen molar-refractivity contribution in [1.29, 1.82) is 0 Å². The van der Waals surface area contributed by atoms with Crippen LogP contribution >= 0.6 is 45.9 Å². The van der Waals surface area contributed by atoms with Gasteiger partial charge in [0.25, 0.3) is 0 Å². The molecule has 0 saturated carbocycles. The monoisotopic (exact) mass is 520 g/mol. The summed E-state index contributed by atoms with van der Waals surface area (Å²) in [6.45, 7) is 4.42. The third kappa shape index (κ3) is 5.71. The Labute approximate surface area is 220 Å². The summed E-state index contributed by atoms with van der Waals surface area (Å²) in [4.78, 5) is 2.25. The van der Waals surface area contributed by atoms with E-state index in [-0.39, 0.29) is 0 Å². The van der Waals surface area contributed by atoms with Crippen LogP contribution in [0.3, 0.4) is 0 Å². The van der Waals surface area contributed by atoms with Crippen molar-refractivity contribution in [1.82, 2.24) is 0 Å². The topological polar surface area (TPSA) is 0 Å². The summed E-state index contributed by atoms with van der Waals surface area (Å²) < 4.78 is 0. The zero-order chi connectivity index (χ0) is 23.9. The lowest BCUT2D eigenvalue weighted by Gasteiger charge is -2.07. The standard InChI is InChI=1S/C30H26Cl2S2/c1-3-5-7-21-17-19-33-27(21)15-11-23-9-13-26-25(29(23)31)14-10-24(30(26)32)12-16-28-22(8-6-4-2)18-20-34-28/h9-10,13-14,17-20H,3-8H2,1-2H3. The number of halogens is 2. The lowest BCUT2D eigenvalue weighted by Crippen LogP contribution is -1.87. The minimum Gasteiger partial charge on any atom is -0.135 e. The van der Waals surface area contributed by atoms with Crippen LogP contribution in [0.15, 0.2) is 47.2 Å². The maximum absolute atomic E-state index is 6.76.